The van der Waals surface area contributed by atoms with E-state index < -0.39 is 5.60 Å². The number of hydrogen-bond acceptors (Lipinski definition) is 6. The van der Waals surface area contributed by atoms with Gasteiger partial charge in [-0.3, -0.25) is 10.8 Å². The van der Waals surface area contributed by atoms with E-state index in [0.29, 0.717) is 24.0 Å². The predicted octanol–water partition coefficient (Wildman–Crippen LogP) is 3.71. The Bertz CT molecular complexity index is 916. The highest BCUT2D eigenvalue weighted by Crippen LogP contribution is 2.35. The number of fused-ring (bicyclic) bond motifs is 1. The fourth-order valence-electron chi connectivity index (χ4n) is 3.43. The summed E-state index contributed by atoms with van der Waals surface area (Å²) >= 11 is 1.38. The van der Waals surface area contributed by atoms with Gasteiger partial charge in [0.15, 0.2) is 5.17 Å². The molecule has 2 atom stereocenters. The molecule has 2 aromatic carbocycles. The summed E-state index contributed by atoms with van der Waals surface area (Å²) in [4.78, 5) is 0. The average Bonchev–Trinajstić information content (AvgIpc) is 2.98. The van der Waals surface area contributed by atoms with Crippen molar-refractivity contribution in [3.05, 3.63) is 53.6 Å². The lowest BCUT2D eigenvalue weighted by atomic mass is 9.93. The smallest absolute Gasteiger partial charge is 0.159 e. The number of phenols is 1. The fourth-order valence-corrected chi connectivity index (χ4v) is 4.33. The maximum Gasteiger partial charge on any atom is 0.159 e. The van der Waals surface area contributed by atoms with E-state index in [1.807, 2.05) is 37.3 Å². The molecule has 0 aliphatic carbocycles. The van der Waals surface area contributed by atoms with Crippen LogP contribution in [0, 0.1) is 10.8 Å². The minimum Gasteiger partial charge on any atom is -0.508 e. The number of aromatic hydroxyl groups is 1. The Morgan fingerprint density at radius 2 is 2.04 bits per heavy atom. The predicted molar refractivity (Wildman–Crippen MR) is 111 cm³/mol. The summed E-state index contributed by atoms with van der Waals surface area (Å²) < 4.78 is 12.1. The van der Waals surface area contributed by atoms with Crippen molar-refractivity contribution in [2.24, 2.45) is 0 Å². The van der Waals surface area contributed by atoms with Gasteiger partial charge in [-0.15, -0.1) is 0 Å². The van der Waals surface area contributed by atoms with Crippen LogP contribution in [0.5, 0.6) is 17.2 Å². The minimum atomic E-state index is -0.412. The summed E-state index contributed by atoms with van der Waals surface area (Å²) in [5, 5.41) is 28.1. The van der Waals surface area contributed by atoms with Crippen LogP contribution in [-0.2, 0) is 12.8 Å². The van der Waals surface area contributed by atoms with Gasteiger partial charge in [-0.05, 0) is 67.6 Å². The zero-order valence-corrected chi connectivity index (χ0v) is 16.4. The second kappa shape index (κ2) is 7.39. The molecular weight excluding hydrogens is 374 g/mol. The molecule has 0 saturated carbocycles. The van der Waals surface area contributed by atoms with E-state index in [1.54, 1.807) is 12.1 Å². The van der Waals surface area contributed by atoms with Crippen molar-refractivity contribution in [2.75, 3.05) is 6.61 Å². The second-order valence-corrected chi connectivity index (χ2v) is 8.67. The molecule has 0 spiro atoms. The Balaban J connectivity index is 1.34. The Hall–Kier alpha value is -2.67. The molecule has 2 aliphatic rings. The highest BCUT2D eigenvalue weighted by molar-refractivity contribution is 8.15. The topological polar surface area (TPSA) is 98.4 Å². The van der Waals surface area contributed by atoms with E-state index in [9.17, 15) is 5.11 Å². The lowest BCUT2D eigenvalue weighted by molar-refractivity contribution is 0.0175. The van der Waals surface area contributed by atoms with Crippen LogP contribution in [0.1, 0.15) is 24.5 Å². The van der Waals surface area contributed by atoms with Crippen molar-refractivity contribution >= 4 is 22.8 Å². The highest BCUT2D eigenvalue weighted by atomic mass is 32.2. The fraction of sp³-hybridized carbons (Fsp3) is 0.333. The van der Waals surface area contributed by atoms with Gasteiger partial charge in [0.2, 0.25) is 0 Å². The zero-order chi connectivity index (χ0) is 19.7. The van der Waals surface area contributed by atoms with Gasteiger partial charge in [0, 0.05) is 0 Å². The summed E-state index contributed by atoms with van der Waals surface area (Å²) in [7, 11) is 0. The van der Waals surface area contributed by atoms with Crippen molar-refractivity contribution in [1.82, 2.24) is 5.32 Å². The Morgan fingerprint density at radius 1 is 1.25 bits per heavy atom. The van der Waals surface area contributed by atoms with Gasteiger partial charge < -0.3 is 19.9 Å². The molecule has 2 aromatic rings. The maximum atomic E-state index is 9.60. The number of benzene rings is 2. The SMILES string of the molecule is CC1(COc2ccc(CC3SC(=N)NC3=N)cc2)CCc2cc(O)ccc2O1. The van der Waals surface area contributed by atoms with E-state index in [1.165, 1.54) is 11.8 Å². The number of aryl methyl sites for hydroxylation is 1. The summed E-state index contributed by atoms with van der Waals surface area (Å²) in [6, 6.07) is 13.1. The molecule has 0 bridgehead atoms. The van der Waals surface area contributed by atoms with E-state index in [0.717, 1.165) is 35.5 Å². The first kappa shape index (κ1) is 18.7. The molecule has 0 amide bonds. The van der Waals surface area contributed by atoms with E-state index in [4.69, 9.17) is 20.3 Å². The lowest BCUT2D eigenvalue weighted by Gasteiger charge is -2.35. The third-order valence-electron chi connectivity index (χ3n) is 5.04. The van der Waals surface area contributed by atoms with Crippen molar-refractivity contribution in [1.29, 1.82) is 10.8 Å². The highest BCUT2D eigenvalue weighted by Gasteiger charge is 2.32. The van der Waals surface area contributed by atoms with Gasteiger partial charge in [-0.2, -0.15) is 0 Å². The van der Waals surface area contributed by atoms with Crippen LogP contribution in [-0.4, -0.2) is 33.6 Å². The van der Waals surface area contributed by atoms with Gasteiger partial charge in [-0.25, -0.2) is 0 Å². The third-order valence-corrected chi connectivity index (χ3v) is 6.07. The maximum absolute atomic E-state index is 9.60. The minimum absolute atomic E-state index is 0.0201. The molecule has 2 aliphatic heterocycles. The molecule has 2 heterocycles. The monoisotopic (exact) mass is 397 g/mol. The van der Waals surface area contributed by atoms with E-state index in [-0.39, 0.29) is 11.0 Å². The molecule has 6 nitrogen and oxygen atoms in total. The Kier molecular flexibility index (Phi) is 4.93. The van der Waals surface area contributed by atoms with Crippen LogP contribution in [0.3, 0.4) is 0 Å². The van der Waals surface area contributed by atoms with Crippen LogP contribution in [0.2, 0.25) is 0 Å². The van der Waals surface area contributed by atoms with Crippen LogP contribution >= 0.6 is 11.8 Å². The number of thioether (sulfide) groups is 1. The number of hydrogen-bond donors (Lipinski definition) is 4. The summed E-state index contributed by atoms with van der Waals surface area (Å²) in [5.41, 5.74) is 1.73. The summed E-state index contributed by atoms with van der Waals surface area (Å²) in [6.07, 6.45) is 2.38. The van der Waals surface area contributed by atoms with Crippen LogP contribution in [0.25, 0.3) is 0 Å². The van der Waals surface area contributed by atoms with Gasteiger partial charge in [0.05, 0.1) is 5.25 Å². The quantitative estimate of drug-likeness (QED) is 0.616. The van der Waals surface area contributed by atoms with Gasteiger partial charge in [0.1, 0.15) is 35.3 Å². The van der Waals surface area contributed by atoms with Gasteiger partial charge >= 0.3 is 0 Å². The number of rotatable bonds is 5. The molecule has 4 rings (SSSR count). The molecule has 0 aromatic heterocycles. The van der Waals surface area contributed by atoms with Crippen LogP contribution in [0.4, 0.5) is 0 Å². The molecule has 0 radical (unpaired) electrons. The first-order valence-corrected chi connectivity index (χ1v) is 10.1. The number of ether oxygens (including phenoxy) is 2. The average molecular weight is 398 g/mol. The normalized spacial score (nSPS) is 23.7. The number of nitrogens with one attached hydrogen (secondary N) is 3. The first-order chi connectivity index (χ1) is 13.4. The van der Waals surface area contributed by atoms with Crippen molar-refractivity contribution in [3.8, 4) is 17.2 Å². The number of phenolic OH excluding ortho intramolecular Hbond substituents is 1. The molecule has 7 heteroatoms. The van der Waals surface area contributed by atoms with E-state index >= 15 is 0 Å². The third kappa shape index (κ3) is 4.09. The first-order valence-electron chi connectivity index (χ1n) is 9.24. The Labute approximate surface area is 168 Å². The lowest BCUT2D eigenvalue weighted by Crippen LogP contribution is -2.42. The number of amidine groups is 2. The van der Waals surface area contributed by atoms with Crippen molar-refractivity contribution < 1.29 is 14.6 Å². The van der Waals surface area contributed by atoms with Gasteiger partial charge in [0.25, 0.3) is 0 Å². The summed E-state index contributed by atoms with van der Waals surface area (Å²) in [5.74, 6) is 2.25. The zero-order valence-electron chi connectivity index (χ0n) is 15.6. The standard InChI is InChI=1S/C21H23N3O3S/c1-21(9-8-14-11-15(25)4-7-17(14)27-21)12-26-16-5-2-13(3-6-16)10-18-19(22)24-20(23)28-18/h2-7,11,18,25H,8-10,12H2,1H3,(H3,22,23,24). The molecular formula is C21H23N3O3S. The van der Waals surface area contributed by atoms with Crippen molar-refractivity contribution in [2.45, 2.75) is 37.0 Å². The molecule has 4 N–H and O–H groups in total. The Morgan fingerprint density at radius 3 is 2.75 bits per heavy atom. The van der Waals surface area contributed by atoms with Gasteiger partial charge in [-0.1, -0.05) is 23.9 Å². The molecule has 146 valence electrons. The molecule has 28 heavy (non-hydrogen) atoms. The van der Waals surface area contributed by atoms with Crippen molar-refractivity contribution in [3.63, 3.8) is 0 Å². The van der Waals surface area contributed by atoms with Crippen LogP contribution < -0.4 is 14.8 Å². The largest absolute Gasteiger partial charge is 0.508 e. The molecule has 1 fully saturated rings. The summed E-state index contributed by atoms with van der Waals surface area (Å²) in [6.45, 7) is 2.49. The second-order valence-electron chi connectivity index (χ2n) is 7.46. The molecule has 2 unspecified atom stereocenters. The molecule has 1 saturated heterocycles. The van der Waals surface area contributed by atoms with Crippen LogP contribution in [0.15, 0.2) is 42.5 Å². The van der Waals surface area contributed by atoms with E-state index in [2.05, 4.69) is 5.32 Å².